The average molecular weight is 412 g/mol. The highest BCUT2D eigenvalue weighted by molar-refractivity contribution is 5.97. The lowest BCUT2D eigenvalue weighted by Crippen LogP contribution is -2.51. The van der Waals surface area contributed by atoms with Crippen LogP contribution in [0.4, 0.5) is 4.39 Å². The summed E-state index contributed by atoms with van der Waals surface area (Å²) in [6.07, 6.45) is 2.33. The van der Waals surface area contributed by atoms with E-state index < -0.39 is 11.9 Å². The van der Waals surface area contributed by atoms with E-state index in [9.17, 15) is 14.0 Å². The summed E-state index contributed by atoms with van der Waals surface area (Å²) in [6, 6.07) is 14.9. The number of carbonyl (C=O) groups is 2. The Labute approximate surface area is 177 Å². The monoisotopic (exact) mass is 411 g/mol. The first-order chi connectivity index (χ1) is 14.5. The molecule has 160 valence electrons. The molecule has 1 saturated heterocycles. The molecule has 2 unspecified atom stereocenters. The summed E-state index contributed by atoms with van der Waals surface area (Å²) in [5, 5.41) is 5.85. The highest BCUT2D eigenvalue weighted by Crippen LogP contribution is 2.24. The van der Waals surface area contributed by atoms with E-state index in [0.29, 0.717) is 12.1 Å². The number of benzene rings is 2. The van der Waals surface area contributed by atoms with Crippen molar-refractivity contribution >= 4 is 11.8 Å². The largest absolute Gasteiger partial charge is 0.352 e. The maximum absolute atomic E-state index is 13.1. The van der Waals surface area contributed by atoms with Gasteiger partial charge in [-0.3, -0.25) is 14.5 Å². The van der Waals surface area contributed by atoms with Crippen LogP contribution in [0.25, 0.3) is 0 Å². The van der Waals surface area contributed by atoms with Gasteiger partial charge < -0.3 is 10.6 Å². The molecule has 30 heavy (non-hydrogen) atoms. The van der Waals surface area contributed by atoms with Crippen LogP contribution in [0.15, 0.2) is 54.6 Å². The summed E-state index contributed by atoms with van der Waals surface area (Å²) in [5.74, 6) is -1.08. The van der Waals surface area contributed by atoms with Crippen LogP contribution in [-0.2, 0) is 4.79 Å². The van der Waals surface area contributed by atoms with E-state index >= 15 is 0 Å². The van der Waals surface area contributed by atoms with Crippen molar-refractivity contribution in [1.82, 2.24) is 15.5 Å². The number of halogens is 1. The molecule has 0 spiro atoms. The van der Waals surface area contributed by atoms with Crippen molar-refractivity contribution in [3.8, 4) is 0 Å². The smallest absolute Gasteiger partial charge is 0.251 e. The summed E-state index contributed by atoms with van der Waals surface area (Å²) in [4.78, 5) is 27.9. The first-order valence-electron chi connectivity index (χ1n) is 10.6. The Hall–Kier alpha value is -2.73. The standard InChI is InChI=1S/C24H30FN3O2/c1-17(2)22(27-23(29)19-10-12-20(25)13-11-19)24(30)26-16-21(28-14-6-7-15-28)18-8-4-3-5-9-18/h3-5,8-13,17,21-22H,6-7,14-16H2,1-2H3,(H,26,30)(H,27,29). The van der Waals surface area contributed by atoms with Gasteiger partial charge in [0.2, 0.25) is 5.91 Å². The van der Waals surface area contributed by atoms with Crippen LogP contribution in [0.2, 0.25) is 0 Å². The van der Waals surface area contributed by atoms with E-state index in [-0.39, 0.29) is 23.8 Å². The fourth-order valence-corrected chi connectivity index (χ4v) is 3.85. The second-order valence-electron chi connectivity index (χ2n) is 8.12. The number of rotatable bonds is 8. The molecule has 5 nitrogen and oxygen atoms in total. The van der Waals surface area contributed by atoms with Crippen molar-refractivity contribution in [1.29, 1.82) is 0 Å². The highest BCUT2D eigenvalue weighted by Gasteiger charge is 2.28. The summed E-state index contributed by atoms with van der Waals surface area (Å²) >= 11 is 0. The molecular formula is C24H30FN3O2. The molecule has 3 rings (SSSR count). The van der Waals surface area contributed by atoms with E-state index in [2.05, 4.69) is 27.7 Å². The lowest BCUT2D eigenvalue weighted by Gasteiger charge is -2.29. The molecule has 0 radical (unpaired) electrons. The Balaban J connectivity index is 1.66. The predicted molar refractivity (Wildman–Crippen MR) is 115 cm³/mol. The van der Waals surface area contributed by atoms with E-state index in [1.54, 1.807) is 0 Å². The van der Waals surface area contributed by atoms with Gasteiger partial charge in [0, 0.05) is 12.1 Å². The number of amides is 2. The molecular weight excluding hydrogens is 381 g/mol. The minimum atomic E-state index is -0.669. The summed E-state index contributed by atoms with van der Waals surface area (Å²) in [6.45, 7) is 6.31. The second kappa shape index (κ2) is 10.3. The van der Waals surface area contributed by atoms with Gasteiger partial charge in [0.1, 0.15) is 11.9 Å². The number of nitrogens with zero attached hydrogens (tertiary/aromatic N) is 1. The molecule has 2 amide bonds. The first kappa shape index (κ1) is 22.0. The van der Waals surface area contributed by atoms with E-state index in [4.69, 9.17) is 0 Å². The van der Waals surface area contributed by atoms with Gasteiger partial charge in [0.15, 0.2) is 0 Å². The van der Waals surface area contributed by atoms with Crippen LogP contribution < -0.4 is 10.6 Å². The van der Waals surface area contributed by atoms with Crippen molar-refractivity contribution < 1.29 is 14.0 Å². The van der Waals surface area contributed by atoms with E-state index in [0.717, 1.165) is 13.1 Å². The van der Waals surface area contributed by atoms with Gasteiger partial charge in [-0.1, -0.05) is 44.2 Å². The molecule has 0 bridgehead atoms. The van der Waals surface area contributed by atoms with Gasteiger partial charge in [-0.15, -0.1) is 0 Å². The third kappa shape index (κ3) is 5.66. The predicted octanol–water partition coefficient (Wildman–Crippen LogP) is 3.53. The molecule has 1 aliphatic heterocycles. The van der Waals surface area contributed by atoms with Crippen molar-refractivity contribution in [2.75, 3.05) is 19.6 Å². The highest BCUT2D eigenvalue weighted by atomic mass is 19.1. The van der Waals surface area contributed by atoms with Gasteiger partial charge >= 0.3 is 0 Å². The topological polar surface area (TPSA) is 61.4 Å². The lowest BCUT2D eigenvalue weighted by atomic mass is 10.0. The van der Waals surface area contributed by atoms with Gasteiger partial charge in [-0.25, -0.2) is 4.39 Å². The van der Waals surface area contributed by atoms with Crippen LogP contribution in [0.1, 0.15) is 48.7 Å². The van der Waals surface area contributed by atoms with Crippen LogP contribution in [0.5, 0.6) is 0 Å². The maximum atomic E-state index is 13.1. The normalized spacial score (nSPS) is 16.3. The third-order valence-corrected chi connectivity index (χ3v) is 5.58. The van der Waals surface area contributed by atoms with Gasteiger partial charge in [0.25, 0.3) is 5.91 Å². The summed E-state index contributed by atoms with van der Waals surface area (Å²) in [7, 11) is 0. The Morgan fingerprint density at radius 2 is 1.63 bits per heavy atom. The number of hydrogen-bond donors (Lipinski definition) is 2. The molecule has 2 aromatic carbocycles. The van der Waals surface area contributed by atoms with Gasteiger partial charge in [-0.05, 0) is 61.7 Å². The fraction of sp³-hybridized carbons (Fsp3) is 0.417. The van der Waals surface area contributed by atoms with Crippen molar-refractivity contribution in [2.24, 2.45) is 5.92 Å². The quantitative estimate of drug-likeness (QED) is 0.699. The third-order valence-electron chi connectivity index (χ3n) is 5.58. The molecule has 6 heteroatoms. The summed E-state index contributed by atoms with van der Waals surface area (Å²) < 4.78 is 13.1. The van der Waals surface area contributed by atoms with Crippen molar-refractivity contribution in [3.63, 3.8) is 0 Å². The molecule has 0 saturated carbocycles. The van der Waals surface area contributed by atoms with Crippen molar-refractivity contribution in [2.45, 2.75) is 38.8 Å². The molecule has 0 aromatic heterocycles. The molecule has 0 aliphatic carbocycles. The molecule has 1 aliphatic rings. The molecule has 2 aromatic rings. The van der Waals surface area contributed by atoms with Crippen LogP contribution >= 0.6 is 0 Å². The Kier molecular flexibility index (Phi) is 7.57. The number of nitrogens with one attached hydrogen (secondary N) is 2. The van der Waals surface area contributed by atoms with E-state index in [1.807, 2.05) is 32.0 Å². The maximum Gasteiger partial charge on any atom is 0.251 e. The molecule has 1 fully saturated rings. The van der Waals surface area contributed by atoms with Crippen LogP contribution in [-0.4, -0.2) is 42.4 Å². The molecule has 2 atom stereocenters. The fourth-order valence-electron chi connectivity index (χ4n) is 3.85. The van der Waals surface area contributed by atoms with E-state index in [1.165, 1.54) is 42.7 Å². The molecule has 1 heterocycles. The minimum absolute atomic E-state index is 0.0867. The van der Waals surface area contributed by atoms with Gasteiger partial charge in [-0.2, -0.15) is 0 Å². The van der Waals surface area contributed by atoms with Crippen molar-refractivity contribution in [3.05, 3.63) is 71.5 Å². The molecule has 2 N–H and O–H groups in total. The number of likely N-dealkylation sites (tertiary alicyclic amines) is 1. The minimum Gasteiger partial charge on any atom is -0.352 e. The van der Waals surface area contributed by atoms with Gasteiger partial charge in [0.05, 0.1) is 6.04 Å². The number of hydrogen-bond acceptors (Lipinski definition) is 3. The van der Waals surface area contributed by atoms with Crippen LogP contribution in [0.3, 0.4) is 0 Å². The Bertz CT molecular complexity index is 833. The zero-order chi connectivity index (χ0) is 21.5. The second-order valence-corrected chi connectivity index (χ2v) is 8.12. The number of carbonyl (C=O) groups excluding carboxylic acids is 2. The zero-order valence-corrected chi connectivity index (χ0v) is 17.6. The lowest BCUT2D eigenvalue weighted by molar-refractivity contribution is -0.124. The summed E-state index contributed by atoms with van der Waals surface area (Å²) in [5.41, 5.74) is 1.50. The SMILES string of the molecule is CC(C)C(NC(=O)c1ccc(F)cc1)C(=O)NCC(c1ccccc1)N1CCCC1. The Morgan fingerprint density at radius 1 is 1.00 bits per heavy atom. The average Bonchev–Trinajstić information content (AvgIpc) is 3.27. The zero-order valence-electron chi connectivity index (χ0n) is 17.6. The first-order valence-corrected chi connectivity index (χ1v) is 10.6. The Morgan fingerprint density at radius 3 is 2.23 bits per heavy atom. The van der Waals surface area contributed by atoms with Crippen LogP contribution in [0, 0.1) is 11.7 Å².